The summed E-state index contributed by atoms with van der Waals surface area (Å²) in [6.07, 6.45) is 8.62. The molecule has 2 unspecified atom stereocenters. The highest BCUT2D eigenvalue weighted by Gasteiger charge is 2.43. The lowest BCUT2D eigenvalue weighted by Crippen LogP contribution is -2.53. The standard InChI is InChI=1S/C59H80N2O14/c1-9-58(2,3)52(63)54(65)61-34-19-17-29-46(61)57(68)75-47(32-31-41-23-13-12-14-24-41)43-26-21-27-44(39-43)72-35-20-11-10-15-30-50(62)74-40-59(4,5)53(64)55(66)60-33-18-16-28-45(60)56(67)73-36-22-25-42-37-48(69-6)51(71-8)49(38-42)70-7/h12-14,21,23-24,26-27,37-39,45-47H,9-11,15-20,22,25,28-36,40H2,1-8H3/t45?,46?,47-/m1/s1. The van der Waals surface area contributed by atoms with Crippen LogP contribution in [0.25, 0.3) is 0 Å². The number of amides is 2. The van der Waals surface area contributed by atoms with Crippen molar-refractivity contribution < 1.29 is 66.7 Å². The summed E-state index contributed by atoms with van der Waals surface area (Å²) >= 11 is 0. The smallest absolute Gasteiger partial charge is 0.329 e. The number of unbranched alkanes of at least 4 members (excludes halogenated alkanes) is 3. The summed E-state index contributed by atoms with van der Waals surface area (Å²) in [6, 6.07) is 19.4. The summed E-state index contributed by atoms with van der Waals surface area (Å²) in [6.45, 7) is 9.30. The Morgan fingerprint density at radius 2 is 1.23 bits per heavy atom. The number of methoxy groups -OCH3 is 3. The Kier molecular flexibility index (Phi) is 23.0. The molecule has 3 aromatic rings. The Morgan fingerprint density at radius 3 is 1.84 bits per heavy atom. The summed E-state index contributed by atoms with van der Waals surface area (Å²) in [5.41, 5.74) is 0.604. The molecule has 0 radical (unpaired) electrons. The van der Waals surface area contributed by atoms with Crippen molar-refractivity contribution in [1.82, 2.24) is 9.80 Å². The molecule has 2 aliphatic heterocycles. The van der Waals surface area contributed by atoms with Crippen LogP contribution in [0.5, 0.6) is 23.0 Å². The number of aryl methyl sites for hydroxylation is 2. The van der Waals surface area contributed by atoms with Crippen LogP contribution < -0.4 is 18.9 Å². The largest absolute Gasteiger partial charge is 0.494 e. The molecule has 3 atom stereocenters. The summed E-state index contributed by atoms with van der Waals surface area (Å²) in [7, 11) is 4.61. The first-order chi connectivity index (χ1) is 35.9. The van der Waals surface area contributed by atoms with Gasteiger partial charge in [0.1, 0.15) is 30.5 Å². The summed E-state index contributed by atoms with van der Waals surface area (Å²) in [4.78, 5) is 96.6. The van der Waals surface area contributed by atoms with Gasteiger partial charge >= 0.3 is 17.9 Å². The molecule has 2 amide bonds. The Hall–Kier alpha value is -6.45. The fourth-order valence-corrected chi connectivity index (χ4v) is 9.24. The minimum absolute atomic E-state index is 0.112. The summed E-state index contributed by atoms with van der Waals surface area (Å²) < 4.78 is 39.8. The van der Waals surface area contributed by atoms with Crippen LogP contribution in [0.15, 0.2) is 66.7 Å². The van der Waals surface area contributed by atoms with Crippen LogP contribution in [-0.4, -0.2) is 117 Å². The topological polar surface area (TPSA) is 191 Å². The Bertz CT molecular complexity index is 2370. The van der Waals surface area contributed by atoms with E-state index in [9.17, 15) is 33.6 Å². The van der Waals surface area contributed by atoms with Gasteiger partial charge in [0.15, 0.2) is 11.5 Å². The monoisotopic (exact) mass is 1040 g/mol. The minimum Gasteiger partial charge on any atom is -0.494 e. The van der Waals surface area contributed by atoms with Crippen molar-refractivity contribution in [3.05, 3.63) is 83.4 Å². The van der Waals surface area contributed by atoms with Crippen molar-refractivity contribution in [2.75, 3.05) is 54.2 Å². The number of likely N-dealkylation sites (tertiary alicyclic amines) is 2. The van der Waals surface area contributed by atoms with Crippen LogP contribution in [0.1, 0.15) is 147 Å². The first-order valence-electron chi connectivity index (χ1n) is 26.7. The number of hydrogen-bond acceptors (Lipinski definition) is 14. The number of carbonyl (C=O) groups is 7. The van der Waals surface area contributed by atoms with E-state index < -0.39 is 70.3 Å². The number of hydrogen-bond donors (Lipinski definition) is 0. The third kappa shape index (κ3) is 17.0. The van der Waals surface area contributed by atoms with E-state index in [1.54, 1.807) is 41.9 Å². The first kappa shape index (κ1) is 59.4. The Balaban J connectivity index is 1.04. The van der Waals surface area contributed by atoms with Crippen LogP contribution in [0.2, 0.25) is 0 Å². The van der Waals surface area contributed by atoms with Gasteiger partial charge in [-0.3, -0.25) is 24.0 Å². The number of rotatable bonds is 29. The predicted octanol–water partition coefficient (Wildman–Crippen LogP) is 9.34. The molecule has 0 N–H and O–H groups in total. The molecular formula is C59H80N2O14. The Labute approximate surface area is 443 Å². The number of ketones is 2. The van der Waals surface area contributed by atoms with E-state index in [2.05, 4.69) is 0 Å². The Morgan fingerprint density at radius 1 is 0.613 bits per heavy atom. The number of piperidine rings is 2. The lowest BCUT2D eigenvalue weighted by Gasteiger charge is -2.36. The number of esters is 3. The maximum atomic E-state index is 13.9. The number of carbonyl (C=O) groups excluding carboxylic acids is 7. The molecule has 0 spiro atoms. The molecule has 3 aromatic carbocycles. The minimum atomic E-state index is -1.32. The van der Waals surface area contributed by atoms with Gasteiger partial charge in [-0.2, -0.15) is 0 Å². The molecule has 0 bridgehead atoms. The fraction of sp³-hybridized carbons (Fsp3) is 0.576. The third-order valence-corrected chi connectivity index (χ3v) is 14.3. The van der Waals surface area contributed by atoms with E-state index in [-0.39, 0.29) is 26.2 Å². The van der Waals surface area contributed by atoms with Gasteiger partial charge in [-0.1, -0.05) is 76.1 Å². The predicted molar refractivity (Wildman–Crippen MR) is 282 cm³/mol. The third-order valence-electron chi connectivity index (χ3n) is 14.3. The highest BCUT2D eigenvalue weighted by atomic mass is 16.6. The molecule has 75 heavy (non-hydrogen) atoms. The zero-order chi connectivity index (χ0) is 54.5. The summed E-state index contributed by atoms with van der Waals surface area (Å²) in [5, 5.41) is 0. The lowest BCUT2D eigenvalue weighted by molar-refractivity contribution is -0.164. The van der Waals surface area contributed by atoms with Crippen LogP contribution >= 0.6 is 0 Å². The molecule has 16 heteroatoms. The quantitative estimate of drug-likeness (QED) is 0.0277. The van der Waals surface area contributed by atoms with Crippen molar-refractivity contribution in [2.24, 2.45) is 10.8 Å². The van der Waals surface area contributed by atoms with Crippen molar-refractivity contribution in [3.63, 3.8) is 0 Å². The normalized spacial score (nSPS) is 16.3. The maximum Gasteiger partial charge on any atom is 0.329 e. The molecular weight excluding hydrogens is 961 g/mol. The van der Waals surface area contributed by atoms with Gasteiger partial charge in [0.05, 0.1) is 40.0 Å². The molecule has 0 aliphatic carbocycles. The van der Waals surface area contributed by atoms with Crippen molar-refractivity contribution in [3.8, 4) is 23.0 Å². The fourth-order valence-electron chi connectivity index (χ4n) is 9.24. The molecule has 2 fully saturated rings. The van der Waals surface area contributed by atoms with Crippen molar-refractivity contribution in [2.45, 2.75) is 156 Å². The number of ether oxygens (including phenoxy) is 7. The molecule has 2 saturated heterocycles. The molecule has 2 heterocycles. The van der Waals surface area contributed by atoms with Gasteiger partial charge in [0.2, 0.25) is 17.3 Å². The average Bonchev–Trinajstić information content (AvgIpc) is 3.43. The molecule has 5 rings (SSSR count). The summed E-state index contributed by atoms with van der Waals surface area (Å²) in [5.74, 6) is -2.07. The molecule has 16 nitrogen and oxygen atoms in total. The van der Waals surface area contributed by atoms with Gasteiger partial charge in [-0.05, 0) is 138 Å². The number of benzene rings is 3. The van der Waals surface area contributed by atoms with E-state index in [0.29, 0.717) is 113 Å². The van der Waals surface area contributed by atoms with Gasteiger partial charge in [0.25, 0.3) is 11.8 Å². The molecule has 0 saturated carbocycles. The van der Waals surface area contributed by atoms with Gasteiger partial charge in [-0.15, -0.1) is 0 Å². The molecule has 0 aromatic heterocycles. The first-order valence-corrected chi connectivity index (χ1v) is 26.7. The van der Waals surface area contributed by atoms with Crippen LogP contribution in [0.3, 0.4) is 0 Å². The van der Waals surface area contributed by atoms with E-state index >= 15 is 0 Å². The second kappa shape index (κ2) is 29.0. The average molecular weight is 1040 g/mol. The highest BCUT2D eigenvalue weighted by molar-refractivity contribution is 6.38. The van der Waals surface area contributed by atoms with Crippen molar-refractivity contribution >= 4 is 41.3 Å². The van der Waals surface area contributed by atoms with E-state index in [1.165, 1.54) is 16.9 Å². The van der Waals surface area contributed by atoms with Gasteiger partial charge in [-0.25, -0.2) is 9.59 Å². The van der Waals surface area contributed by atoms with Gasteiger partial charge < -0.3 is 43.0 Å². The zero-order valence-corrected chi connectivity index (χ0v) is 45.5. The zero-order valence-electron chi connectivity index (χ0n) is 45.5. The lowest BCUT2D eigenvalue weighted by atomic mass is 9.84. The van der Waals surface area contributed by atoms with Gasteiger partial charge in [0, 0.05) is 24.9 Å². The second-order valence-corrected chi connectivity index (χ2v) is 20.8. The van der Waals surface area contributed by atoms with Crippen LogP contribution in [-0.2, 0) is 60.6 Å². The molecule has 2 aliphatic rings. The van der Waals surface area contributed by atoms with E-state index in [4.69, 9.17) is 33.2 Å². The maximum absolute atomic E-state index is 13.9. The van der Waals surface area contributed by atoms with E-state index in [1.807, 2.05) is 73.7 Å². The molecule has 410 valence electrons. The van der Waals surface area contributed by atoms with Crippen molar-refractivity contribution in [1.29, 1.82) is 0 Å². The second-order valence-electron chi connectivity index (χ2n) is 20.8. The van der Waals surface area contributed by atoms with Crippen LogP contribution in [0, 0.1) is 10.8 Å². The number of nitrogens with zero attached hydrogens (tertiary/aromatic N) is 2. The van der Waals surface area contributed by atoms with E-state index in [0.717, 1.165) is 36.0 Å². The SMILES string of the molecule is CCC(C)(C)C(=O)C(=O)N1CCCCC1C(=O)O[C@H](CCc1ccccc1)c1cccc(OCCCCCCC(=O)OCC(C)(C)C(=O)C(=O)N2CCCCC2C(=O)OCCCc2cc(OC)c(OC)c(OC)c2)c1. The van der Waals surface area contributed by atoms with Crippen LogP contribution in [0.4, 0.5) is 0 Å². The number of Topliss-reactive ketones (excluding diaryl/α,β-unsaturated/α-hetero) is 2. The highest BCUT2D eigenvalue weighted by Crippen LogP contribution is 2.39.